The highest BCUT2D eigenvalue weighted by atomic mass is 15.1. The maximum Gasteiger partial charge on any atom is 0.00564 e. The largest absolute Gasteiger partial charge is 0.306 e. The summed E-state index contributed by atoms with van der Waals surface area (Å²) in [5.74, 6) is 1.54. The summed E-state index contributed by atoms with van der Waals surface area (Å²) in [6, 6.07) is 8.85. The van der Waals surface area contributed by atoms with Gasteiger partial charge in [0, 0.05) is 5.92 Å². The Morgan fingerprint density at radius 3 is 2.69 bits per heavy atom. The van der Waals surface area contributed by atoms with Crippen molar-refractivity contribution in [3.05, 3.63) is 41.5 Å². The molecule has 1 unspecified atom stereocenters. The van der Waals surface area contributed by atoms with Crippen molar-refractivity contribution >= 4 is 6.08 Å². The van der Waals surface area contributed by atoms with Gasteiger partial charge in [0.05, 0.1) is 0 Å². The number of benzene rings is 1. The summed E-state index contributed by atoms with van der Waals surface area (Å²) in [6.07, 6.45) is 7.42. The first kappa shape index (κ1) is 10.1. The van der Waals surface area contributed by atoms with Gasteiger partial charge in [-0.2, -0.15) is 0 Å². The Morgan fingerprint density at radius 2 is 1.88 bits per heavy atom. The molecular formula is C15H19N. The van der Waals surface area contributed by atoms with Crippen molar-refractivity contribution in [3.63, 3.8) is 0 Å². The van der Waals surface area contributed by atoms with Crippen molar-refractivity contribution in [1.82, 2.24) is 4.90 Å². The fourth-order valence-corrected chi connectivity index (χ4v) is 3.08. The van der Waals surface area contributed by atoms with E-state index in [1.54, 1.807) is 5.56 Å². The molecule has 0 N–H and O–H groups in total. The van der Waals surface area contributed by atoms with Gasteiger partial charge in [-0.1, -0.05) is 36.4 Å². The van der Waals surface area contributed by atoms with Crippen LogP contribution in [0.4, 0.5) is 0 Å². The number of piperidine rings is 1. The second-order valence-corrected chi connectivity index (χ2v) is 5.15. The lowest BCUT2D eigenvalue weighted by Crippen LogP contribution is -2.32. The van der Waals surface area contributed by atoms with Gasteiger partial charge in [0.2, 0.25) is 0 Å². The van der Waals surface area contributed by atoms with Crippen LogP contribution in [0.2, 0.25) is 0 Å². The molecule has 3 rings (SSSR count). The molecule has 1 atom stereocenters. The van der Waals surface area contributed by atoms with Gasteiger partial charge in [-0.3, -0.25) is 0 Å². The smallest absolute Gasteiger partial charge is 0.00564 e. The third kappa shape index (κ3) is 1.69. The predicted molar refractivity (Wildman–Crippen MR) is 68.4 cm³/mol. The van der Waals surface area contributed by atoms with Crippen LogP contribution in [0.25, 0.3) is 6.08 Å². The highest BCUT2D eigenvalue weighted by Gasteiger charge is 2.28. The lowest BCUT2D eigenvalue weighted by atomic mass is 9.81. The zero-order chi connectivity index (χ0) is 11.0. The average molecular weight is 213 g/mol. The minimum Gasteiger partial charge on any atom is -0.306 e. The summed E-state index contributed by atoms with van der Waals surface area (Å²) in [5.41, 5.74) is 2.99. The fraction of sp³-hybridized carbons (Fsp3) is 0.467. The van der Waals surface area contributed by atoms with Gasteiger partial charge in [-0.15, -0.1) is 0 Å². The van der Waals surface area contributed by atoms with Crippen LogP contribution in [0.15, 0.2) is 30.3 Å². The van der Waals surface area contributed by atoms with Crippen LogP contribution in [0.3, 0.4) is 0 Å². The van der Waals surface area contributed by atoms with E-state index in [9.17, 15) is 0 Å². The van der Waals surface area contributed by atoms with E-state index in [0.29, 0.717) is 5.92 Å². The van der Waals surface area contributed by atoms with Gasteiger partial charge in [-0.25, -0.2) is 0 Å². The first-order valence-electron chi connectivity index (χ1n) is 6.30. The maximum atomic E-state index is 2.45. The summed E-state index contributed by atoms with van der Waals surface area (Å²) in [5, 5.41) is 0. The molecule has 0 amide bonds. The van der Waals surface area contributed by atoms with Crippen molar-refractivity contribution in [2.24, 2.45) is 5.92 Å². The molecule has 0 radical (unpaired) electrons. The van der Waals surface area contributed by atoms with Crippen molar-refractivity contribution in [3.8, 4) is 0 Å². The Labute approximate surface area is 97.8 Å². The number of rotatable bonds is 1. The number of hydrogen-bond acceptors (Lipinski definition) is 1. The molecule has 1 aromatic carbocycles. The van der Waals surface area contributed by atoms with Crippen LogP contribution in [0.5, 0.6) is 0 Å². The molecule has 0 spiro atoms. The third-order valence-electron chi connectivity index (χ3n) is 4.11. The van der Waals surface area contributed by atoms with E-state index in [2.05, 4.69) is 48.4 Å². The second-order valence-electron chi connectivity index (χ2n) is 5.15. The number of likely N-dealkylation sites (tertiary alicyclic amines) is 1. The van der Waals surface area contributed by atoms with Crippen LogP contribution < -0.4 is 0 Å². The minimum absolute atomic E-state index is 0.685. The standard InChI is InChI=1S/C15H19N/c1-16-10-8-13(9-11-16)15-7-6-12-4-2-3-5-14(12)15/h2-7,13,15H,8-11H2,1H3. The number of nitrogens with zero attached hydrogens (tertiary/aromatic N) is 1. The summed E-state index contributed by atoms with van der Waals surface area (Å²) in [4.78, 5) is 2.45. The number of allylic oxidation sites excluding steroid dienone is 1. The summed E-state index contributed by atoms with van der Waals surface area (Å²) < 4.78 is 0. The summed E-state index contributed by atoms with van der Waals surface area (Å²) in [6.45, 7) is 2.52. The Balaban J connectivity index is 1.80. The van der Waals surface area contributed by atoms with Crippen molar-refractivity contribution in [2.75, 3.05) is 20.1 Å². The second kappa shape index (κ2) is 4.06. The van der Waals surface area contributed by atoms with Gasteiger partial charge in [0.25, 0.3) is 0 Å². The molecule has 0 bridgehead atoms. The van der Waals surface area contributed by atoms with Crippen LogP contribution in [0, 0.1) is 5.92 Å². The van der Waals surface area contributed by atoms with Gasteiger partial charge >= 0.3 is 0 Å². The monoisotopic (exact) mass is 213 g/mol. The van der Waals surface area contributed by atoms with Crippen molar-refractivity contribution in [1.29, 1.82) is 0 Å². The van der Waals surface area contributed by atoms with Gasteiger partial charge in [0.1, 0.15) is 0 Å². The molecule has 1 aliphatic heterocycles. The Bertz CT molecular complexity index is 400. The van der Waals surface area contributed by atoms with E-state index in [4.69, 9.17) is 0 Å². The molecule has 1 fully saturated rings. The summed E-state index contributed by atoms with van der Waals surface area (Å²) >= 11 is 0. The van der Waals surface area contributed by atoms with Gasteiger partial charge in [0.15, 0.2) is 0 Å². The van der Waals surface area contributed by atoms with E-state index in [1.807, 2.05) is 0 Å². The zero-order valence-corrected chi connectivity index (χ0v) is 9.89. The maximum absolute atomic E-state index is 2.45. The highest BCUT2D eigenvalue weighted by molar-refractivity contribution is 5.62. The fourth-order valence-electron chi connectivity index (χ4n) is 3.08. The van der Waals surface area contributed by atoms with Gasteiger partial charge < -0.3 is 4.90 Å². The molecule has 16 heavy (non-hydrogen) atoms. The van der Waals surface area contributed by atoms with E-state index >= 15 is 0 Å². The quantitative estimate of drug-likeness (QED) is 0.692. The first-order chi connectivity index (χ1) is 7.84. The van der Waals surface area contributed by atoms with Crippen LogP contribution in [-0.2, 0) is 0 Å². The molecule has 1 heterocycles. The zero-order valence-electron chi connectivity index (χ0n) is 9.89. The molecule has 2 aliphatic rings. The highest BCUT2D eigenvalue weighted by Crippen LogP contribution is 2.39. The van der Waals surface area contributed by atoms with Crippen LogP contribution >= 0.6 is 0 Å². The van der Waals surface area contributed by atoms with E-state index in [1.165, 1.54) is 31.5 Å². The first-order valence-corrected chi connectivity index (χ1v) is 6.30. The summed E-state index contributed by atoms with van der Waals surface area (Å²) in [7, 11) is 2.23. The van der Waals surface area contributed by atoms with E-state index < -0.39 is 0 Å². The average Bonchev–Trinajstić information content (AvgIpc) is 2.74. The normalized spacial score (nSPS) is 25.9. The Kier molecular flexibility index (Phi) is 2.56. The van der Waals surface area contributed by atoms with E-state index in [0.717, 1.165) is 5.92 Å². The minimum atomic E-state index is 0.685. The van der Waals surface area contributed by atoms with Crippen molar-refractivity contribution in [2.45, 2.75) is 18.8 Å². The lowest BCUT2D eigenvalue weighted by molar-refractivity contribution is 0.209. The van der Waals surface area contributed by atoms with E-state index in [-0.39, 0.29) is 0 Å². The SMILES string of the molecule is CN1CCC(C2C=Cc3ccccc32)CC1. The molecule has 84 valence electrons. The Hall–Kier alpha value is -1.08. The van der Waals surface area contributed by atoms with Crippen LogP contribution in [0.1, 0.15) is 29.9 Å². The molecule has 1 heteroatoms. The molecule has 1 aromatic rings. The lowest BCUT2D eigenvalue weighted by Gasteiger charge is -2.32. The molecule has 0 saturated carbocycles. The predicted octanol–water partition coefficient (Wildman–Crippen LogP) is 3.14. The number of fused-ring (bicyclic) bond motifs is 1. The molecule has 0 aromatic heterocycles. The topological polar surface area (TPSA) is 3.24 Å². The Morgan fingerprint density at radius 1 is 1.12 bits per heavy atom. The molecule has 1 nitrogen and oxygen atoms in total. The molecular weight excluding hydrogens is 194 g/mol. The molecule has 1 saturated heterocycles. The van der Waals surface area contributed by atoms with Crippen molar-refractivity contribution < 1.29 is 0 Å². The van der Waals surface area contributed by atoms with Gasteiger partial charge in [-0.05, 0) is 50.0 Å². The molecule has 1 aliphatic carbocycles. The number of hydrogen-bond donors (Lipinski definition) is 0. The van der Waals surface area contributed by atoms with Crippen LogP contribution in [-0.4, -0.2) is 25.0 Å². The third-order valence-corrected chi connectivity index (χ3v) is 4.11.